The molecule has 0 bridgehead atoms. The molecular formula is C12H19N3O3. The van der Waals surface area contributed by atoms with Gasteiger partial charge >= 0.3 is 5.97 Å². The molecule has 0 saturated carbocycles. The normalized spacial score (nSPS) is 23.3. The summed E-state index contributed by atoms with van der Waals surface area (Å²) in [5, 5.41) is 7.86. The van der Waals surface area contributed by atoms with Gasteiger partial charge in [0.05, 0.1) is 12.7 Å². The maximum atomic E-state index is 11.8. The third-order valence-electron chi connectivity index (χ3n) is 3.34. The Morgan fingerprint density at radius 2 is 2.33 bits per heavy atom. The Hall–Kier alpha value is -1.43. The molecule has 2 rings (SSSR count). The van der Waals surface area contributed by atoms with Crippen molar-refractivity contribution in [1.82, 2.24) is 14.8 Å². The summed E-state index contributed by atoms with van der Waals surface area (Å²) in [5.74, 6) is 1.00. The summed E-state index contributed by atoms with van der Waals surface area (Å²) in [7, 11) is 0. The highest BCUT2D eigenvalue weighted by molar-refractivity contribution is 5.85. The smallest absolute Gasteiger partial charge is 0.376 e. The Balaban J connectivity index is 2.16. The minimum atomic E-state index is -0.412. The highest BCUT2D eigenvalue weighted by atomic mass is 16.5. The predicted molar refractivity (Wildman–Crippen MR) is 64.2 cm³/mol. The molecule has 6 nitrogen and oxygen atoms in total. The first-order valence-corrected chi connectivity index (χ1v) is 6.32. The number of carbonyl (C=O) groups is 1. The van der Waals surface area contributed by atoms with E-state index in [9.17, 15) is 4.79 Å². The van der Waals surface area contributed by atoms with E-state index in [0.29, 0.717) is 19.1 Å². The van der Waals surface area contributed by atoms with E-state index in [1.54, 1.807) is 6.92 Å². The van der Waals surface area contributed by atoms with Crippen LogP contribution in [-0.4, -0.2) is 40.1 Å². The van der Waals surface area contributed by atoms with Gasteiger partial charge in [-0.15, -0.1) is 10.2 Å². The zero-order chi connectivity index (χ0) is 13.1. The van der Waals surface area contributed by atoms with Crippen molar-refractivity contribution in [2.75, 3.05) is 13.2 Å². The van der Waals surface area contributed by atoms with E-state index in [-0.39, 0.29) is 11.9 Å². The molecule has 1 saturated heterocycles. The second kappa shape index (κ2) is 5.48. The molecule has 0 radical (unpaired) electrons. The van der Waals surface area contributed by atoms with Crippen LogP contribution in [0, 0.1) is 12.8 Å². The molecule has 1 fully saturated rings. The minimum Gasteiger partial charge on any atom is -0.460 e. The van der Waals surface area contributed by atoms with Crippen molar-refractivity contribution in [1.29, 1.82) is 0 Å². The molecule has 0 aromatic carbocycles. The van der Waals surface area contributed by atoms with Crippen LogP contribution in [0.15, 0.2) is 0 Å². The van der Waals surface area contributed by atoms with Crippen LogP contribution >= 0.6 is 0 Å². The standard InChI is InChI=1S/C12H19N3O3/c1-4-17-12(16)11-14-13-9(3)15(11)7-10-5-6-18-8(10)2/h8,10H,4-7H2,1-3H3. The summed E-state index contributed by atoms with van der Waals surface area (Å²) in [6.45, 7) is 7.50. The van der Waals surface area contributed by atoms with E-state index in [1.807, 2.05) is 11.5 Å². The van der Waals surface area contributed by atoms with E-state index in [1.165, 1.54) is 0 Å². The Morgan fingerprint density at radius 1 is 1.56 bits per heavy atom. The molecule has 1 aromatic heterocycles. The maximum Gasteiger partial charge on any atom is 0.376 e. The van der Waals surface area contributed by atoms with Gasteiger partial charge in [0.15, 0.2) is 0 Å². The summed E-state index contributed by atoms with van der Waals surface area (Å²) in [6.07, 6.45) is 1.21. The number of nitrogens with zero attached hydrogens (tertiary/aromatic N) is 3. The summed E-state index contributed by atoms with van der Waals surface area (Å²) < 4.78 is 12.3. The second-order valence-electron chi connectivity index (χ2n) is 4.53. The van der Waals surface area contributed by atoms with Crippen LogP contribution in [-0.2, 0) is 16.0 Å². The Kier molecular flexibility index (Phi) is 3.96. The molecule has 18 heavy (non-hydrogen) atoms. The summed E-state index contributed by atoms with van der Waals surface area (Å²) in [4.78, 5) is 11.8. The molecule has 100 valence electrons. The van der Waals surface area contributed by atoms with Crippen LogP contribution in [0.4, 0.5) is 0 Å². The largest absolute Gasteiger partial charge is 0.460 e. The highest BCUT2D eigenvalue weighted by Crippen LogP contribution is 2.23. The monoisotopic (exact) mass is 253 g/mol. The van der Waals surface area contributed by atoms with Crippen LogP contribution in [0.3, 0.4) is 0 Å². The van der Waals surface area contributed by atoms with Crippen molar-refractivity contribution in [3.8, 4) is 0 Å². The zero-order valence-corrected chi connectivity index (χ0v) is 11.0. The molecule has 1 aliphatic rings. The molecule has 1 aliphatic heterocycles. The average molecular weight is 253 g/mol. The van der Waals surface area contributed by atoms with Crippen LogP contribution < -0.4 is 0 Å². The maximum absolute atomic E-state index is 11.8. The lowest BCUT2D eigenvalue weighted by molar-refractivity contribution is 0.0501. The van der Waals surface area contributed by atoms with Gasteiger partial charge in [0.2, 0.25) is 5.82 Å². The molecule has 0 spiro atoms. The van der Waals surface area contributed by atoms with Crippen LogP contribution in [0.1, 0.15) is 36.7 Å². The third-order valence-corrected chi connectivity index (χ3v) is 3.34. The Bertz CT molecular complexity index is 430. The van der Waals surface area contributed by atoms with Crippen molar-refractivity contribution in [3.05, 3.63) is 11.6 Å². The topological polar surface area (TPSA) is 66.2 Å². The van der Waals surface area contributed by atoms with Crippen LogP contribution in [0.5, 0.6) is 0 Å². The van der Waals surface area contributed by atoms with Crippen molar-refractivity contribution in [2.45, 2.75) is 39.8 Å². The SMILES string of the molecule is CCOC(=O)c1nnc(C)n1CC1CCOC1C. The average Bonchev–Trinajstić information content (AvgIpc) is 2.89. The molecule has 2 unspecified atom stereocenters. The first-order chi connectivity index (χ1) is 8.63. The van der Waals surface area contributed by atoms with Gasteiger partial charge in [-0.1, -0.05) is 0 Å². The van der Waals surface area contributed by atoms with Gasteiger partial charge in [-0.05, 0) is 27.2 Å². The molecule has 0 aliphatic carbocycles. The van der Waals surface area contributed by atoms with E-state index in [2.05, 4.69) is 17.1 Å². The number of esters is 1. The van der Waals surface area contributed by atoms with E-state index >= 15 is 0 Å². The molecule has 0 N–H and O–H groups in total. The fourth-order valence-electron chi connectivity index (χ4n) is 2.20. The second-order valence-corrected chi connectivity index (χ2v) is 4.53. The third kappa shape index (κ3) is 2.53. The summed E-state index contributed by atoms with van der Waals surface area (Å²) in [6, 6.07) is 0. The lowest BCUT2D eigenvalue weighted by Crippen LogP contribution is -2.22. The molecule has 2 atom stereocenters. The van der Waals surface area contributed by atoms with Gasteiger partial charge in [0.25, 0.3) is 0 Å². The van der Waals surface area contributed by atoms with E-state index in [0.717, 1.165) is 18.9 Å². The fourth-order valence-corrected chi connectivity index (χ4v) is 2.20. The van der Waals surface area contributed by atoms with Crippen molar-refractivity contribution in [3.63, 3.8) is 0 Å². The molecule has 0 amide bonds. The number of hydrogen-bond donors (Lipinski definition) is 0. The number of aromatic nitrogens is 3. The van der Waals surface area contributed by atoms with Gasteiger partial charge in [-0.25, -0.2) is 4.79 Å². The molecular weight excluding hydrogens is 234 g/mol. The summed E-state index contributed by atoms with van der Waals surface area (Å²) >= 11 is 0. The minimum absolute atomic E-state index is 0.210. The van der Waals surface area contributed by atoms with Crippen molar-refractivity contribution in [2.24, 2.45) is 5.92 Å². The number of ether oxygens (including phenoxy) is 2. The van der Waals surface area contributed by atoms with Gasteiger partial charge in [0.1, 0.15) is 5.82 Å². The van der Waals surface area contributed by atoms with Gasteiger partial charge in [-0.3, -0.25) is 0 Å². The number of aryl methyl sites for hydroxylation is 1. The first kappa shape index (κ1) is 13.0. The quantitative estimate of drug-likeness (QED) is 0.754. The number of hydrogen-bond acceptors (Lipinski definition) is 5. The molecule has 2 heterocycles. The van der Waals surface area contributed by atoms with E-state index < -0.39 is 5.97 Å². The highest BCUT2D eigenvalue weighted by Gasteiger charge is 2.27. The van der Waals surface area contributed by atoms with Crippen molar-refractivity contribution >= 4 is 5.97 Å². The zero-order valence-electron chi connectivity index (χ0n) is 11.0. The van der Waals surface area contributed by atoms with Crippen molar-refractivity contribution < 1.29 is 14.3 Å². The number of carbonyl (C=O) groups excluding carboxylic acids is 1. The van der Waals surface area contributed by atoms with Gasteiger partial charge < -0.3 is 14.0 Å². The van der Waals surface area contributed by atoms with Crippen LogP contribution in [0.2, 0.25) is 0 Å². The molecule has 1 aromatic rings. The predicted octanol–water partition coefficient (Wildman–Crippen LogP) is 1.19. The summed E-state index contributed by atoms with van der Waals surface area (Å²) in [5.41, 5.74) is 0. The molecule has 6 heteroatoms. The van der Waals surface area contributed by atoms with E-state index in [4.69, 9.17) is 9.47 Å². The lowest BCUT2D eigenvalue weighted by Gasteiger charge is -2.16. The number of rotatable bonds is 4. The van der Waals surface area contributed by atoms with Crippen LogP contribution in [0.25, 0.3) is 0 Å². The fraction of sp³-hybridized carbons (Fsp3) is 0.750. The van der Waals surface area contributed by atoms with Gasteiger partial charge in [-0.2, -0.15) is 0 Å². The van der Waals surface area contributed by atoms with Gasteiger partial charge in [0, 0.05) is 19.1 Å². The Morgan fingerprint density at radius 3 is 2.94 bits per heavy atom. The Labute approximate surface area is 106 Å². The lowest BCUT2D eigenvalue weighted by atomic mass is 10.0. The first-order valence-electron chi connectivity index (χ1n) is 6.32.